The van der Waals surface area contributed by atoms with Crippen molar-refractivity contribution < 1.29 is 23.8 Å². The van der Waals surface area contributed by atoms with Crippen LogP contribution in [0.25, 0.3) is 6.08 Å². The van der Waals surface area contributed by atoms with Crippen LogP contribution >= 0.6 is 0 Å². The molecule has 25 heavy (non-hydrogen) atoms. The fraction of sp³-hybridized carbons (Fsp3) is 0.211. The second-order valence-corrected chi connectivity index (χ2v) is 5.73. The number of fused-ring (bicyclic) bond motifs is 1. The van der Waals surface area contributed by atoms with E-state index >= 15 is 0 Å². The number of aromatic carboxylic acids is 1. The molecule has 2 aromatic rings. The summed E-state index contributed by atoms with van der Waals surface area (Å²) in [5.41, 5.74) is 2.34. The molecule has 126 valence electrons. The second kappa shape index (κ2) is 6.29. The standard InChI is InChI=1S/C19H15NO5/c1-10-16-15(25-18(10)19(22)23)6-4-12(17(16)21)7-11-3-5-14(24-2)13(8-11)9-20/h3,5,7-8H,4,6H2,1-2H3,(H,22,23). The normalized spacial score (nSPS) is 14.9. The number of carbonyl (C=O) groups excluding carboxylic acids is 1. The molecule has 0 bridgehead atoms. The molecule has 0 aliphatic heterocycles. The zero-order chi connectivity index (χ0) is 18.1. The molecule has 1 aliphatic carbocycles. The Labute approximate surface area is 143 Å². The molecule has 3 rings (SSSR count). The van der Waals surface area contributed by atoms with E-state index in [0.717, 1.165) is 0 Å². The van der Waals surface area contributed by atoms with Gasteiger partial charge >= 0.3 is 5.97 Å². The molecule has 6 heteroatoms. The number of hydrogen-bond acceptors (Lipinski definition) is 5. The van der Waals surface area contributed by atoms with Gasteiger partial charge in [0.25, 0.3) is 0 Å². The predicted molar refractivity (Wildman–Crippen MR) is 88.7 cm³/mol. The number of ketones is 1. The highest BCUT2D eigenvalue weighted by Crippen LogP contribution is 2.33. The summed E-state index contributed by atoms with van der Waals surface area (Å²) in [7, 11) is 1.49. The summed E-state index contributed by atoms with van der Waals surface area (Å²) in [6, 6.07) is 7.15. The Morgan fingerprint density at radius 1 is 1.40 bits per heavy atom. The van der Waals surface area contributed by atoms with Gasteiger partial charge in [-0.2, -0.15) is 5.26 Å². The Bertz CT molecular complexity index is 959. The quantitative estimate of drug-likeness (QED) is 0.862. The largest absolute Gasteiger partial charge is 0.495 e. The number of Topliss-reactive ketones (excluding diaryl/α,β-unsaturated/α-hetero) is 1. The zero-order valence-corrected chi connectivity index (χ0v) is 13.8. The van der Waals surface area contributed by atoms with Crippen molar-refractivity contribution in [2.45, 2.75) is 19.8 Å². The molecule has 1 N–H and O–H groups in total. The molecule has 0 spiro atoms. The minimum atomic E-state index is -1.18. The number of carbonyl (C=O) groups is 2. The fourth-order valence-electron chi connectivity index (χ4n) is 3.01. The Morgan fingerprint density at radius 3 is 2.80 bits per heavy atom. The van der Waals surface area contributed by atoms with Crippen LogP contribution < -0.4 is 4.74 Å². The predicted octanol–water partition coefficient (Wildman–Crippen LogP) is 3.38. The van der Waals surface area contributed by atoms with Gasteiger partial charge in [0, 0.05) is 17.6 Å². The third-order valence-electron chi connectivity index (χ3n) is 4.24. The van der Waals surface area contributed by atoms with Gasteiger partial charge in [-0.1, -0.05) is 6.07 Å². The Kier molecular flexibility index (Phi) is 4.15. The third-order valence-corrected chi connectivity index (χ3v) is 4.24. The maximum Gasteiger partial charge on any atom is 0.372 e. The van der Waals surface area contributed by atoms with E-state index in [1.54, 1.807) is 31.2 Å². The van der Waals surface area contributed by atoms with Crippen molar-refractivity contribution in [1.82, 2.24) is 0 Å². The molecule has 0 atom stereocenters. The summed E-state index contributed by atoms with van der Waals surface area (Å²) in [4.78, 5) is 23.9. The number of nitriles is 1. The Balaban J connectivity index is 2.01. The molecule has 1 aromatic carbocycles. The van der Waals surface area contributed by atoms with Crippen molar-refractivity contribution in [3.05, 3.63) is 57.5 Å². The number of benzene rings is 1. The van der Waals surface area contributed by atoms with Gasteiger partial charge in [0.2, 0.25) is 5.76 Å². The van der Waals surface area contributed by atoms with Gasteiger partial charge in [-0.25, -0.2) is 4.79 Å². The molecular formula is C19H15NO5. The minimum absolute atomic E-state index is 0.184. The first kappa shape index (κ1) is 16.5. The number of allylic oxidation sites excluding steroid dienone is 1. The van der Waals surface area contributed by atoms with E-state index in [9.17, 15) is 9.59 Å². The fourth-order valence-corrected chi connectivity index (χ4v) is 3.01. The molecule has 6 nitrogen and oxygen atoms in total. The maximum absolute atomic E-state index is 12.7. The number of rotatable bonds is 3. The Morgan fingerprint density at radius 2 is 2.16 bits per heavy atom. The smallest absolute Gasteiger partial charge is 0.372 e. The van der Waals surface area contributed by atoms with E-state index in [0.29, 0.717) is 52.2 Å². The van der Waals surface area contributed by atoms with E-state index in [1.807, 2.05) is 0 Å². The molecule has 1 aromatic heterocycles. The van der Waals surface area contributed by atoms with Crippen LogP contribution in [0.2, 0.25) is 0 Å². The van der Waals surface area contributed by atoms with Crippen LogP contribution in [0, 0.1) is 18.3 Å². The van der Waals surface area contributed by atoms with Crippen molar-refractivity contribution in [3.8, 4) is 11.8 Å². The first-order valence-electron chi connectivity index (χ1n) is 7.65. The number of ether oxygens (including phenoxy) is 1. The van der Waals surface area contributed by atoms with Crippen LogP contribution in [0.5, 0.6) is 5.75 Å². The highest BCUT2D eigenvalue weighted by atomic mass is 16.5. The van der Waals surface area contributed by atoms with E-state index in [-0.39, 0.29) is 11.5 Å². The average Bonchev–Trinajstić information content (AvgIpc) is 2.95. The first-order chi connectivity index (χ1) is 12.0. The summed E-state index contributed by atoms with van der Waals surface area (Å²) < 4.78 is 10.4. The summed E-state index contributed by atoms with van der Waals surface area (Å²) in [5.74, 6) is -0.706. The van der Waals surface area contributed by atoms with E-state index in [1.165, 1.54) is 7.11 Å². The number of carboxylic acid groups (broad SMARTS) is 1. The van der Waals surface area contributed by atoms with E-state index < -0.39 is 5.97 Å². The number of methoxy groups -OCH3 is 1. The molecule has 0 amide bonds. The average molecular weight is 337 g/mol. The van der Waals surface area contributed by atoms with Crippen LogP contribution in [0.4, 0.5) is 0 Å². The second-order valence-electron chi connectivity index (χ2n) is 5.73. The number of carboxylic acids is 1. The highest BCUT2D eigenvalue weighted by molar-refractivity contribution is 6.14. The van der Waals surface area contributed by atoms with E-state index in [2.05, 4.69) is 6.07 Å². The molecule has 0 fully saturated rings. The van der Waals surface area contributed by atoms with Crippen LogP contribution in [-0.2, 0) is 6.42 Å². The third kappa shape index (κ3) is 2.81. The number of hydrogen-bond donors (Lipinski definition) is 1. The minimum Gasteiger partial charge on any atom is -0.495 e. The van der Waals surface area contributed by atoms with Gasteiger partial charge in [-0.15, -0.1) is 0 Å². The van der Waals surface area contributed by atoms with Crippen molar-refractivity contribution in [2.24, 2.45) is 0 Å². The van der Waals surface area contributed by atoms with Gasteiger partial charge in [0.05, 0.1) is 18.2 Å². The monoisotopic (exact) mass is 337 g/mol. The zero-order valence-electron chi connectivity index (χ0n) is 13.8. The molecule has 0 radical (unpaired) electrons. The number of nitrogens with zero attached hydrogens (tertiary/aromatic N) is 1. The summed E-state index contributed by atoms with van der Waals surface area (Å²) in [5, 5.41) is 18.3. The first-order valence-corrected chi connectivity index (χ1v) is 7.65. The van der Waals surface area contributed by atoms with Gasteiger partial charge in [-0.05, 0) is 37.1 Å². The lowest BCUT2D eigenvalue weighted by molar-refractivity contribution is 0.0659. The van der Waals surface area contributed by atoms with Gasteiger partial charge in [0.1, 0.15) is 17.6 Å². The number of furan rings is 1. The van der Waals surface area contributed by atoms with Crippen LogP contribution in [0.3, 0.4) is 0 Å². The molecule has 1 heterocycles. The van der Waals surface area contributed by atoms with Crippen molar-refractivity contribution in [1.29, 1.82) is 5.26 Å². The SMILES string of the molecule is COc1ccc(C=C2CCc3oc(C(=O)O)c(C)c3C2=O)cc1C#N. The van der Waals surface area contributed by atoms with Crippen LogP contribution in [0.15, 0.2) is 28.2 Å². The summed E-state index contributed by atoms with van der Waals surface area (Å²) >= 11 is 0. The maximum atomic E-state index is 12.7. The lowest BCUT2D eigenvalue weighted by Crippen LogP contribution is -2.13. The van der Waals surface area contributed by atoms with E-state index in [4.69, 9.17) is 19.5 Å². The highest BCUT2D eigenvalue weighted by Gasteiger charge is 2.31. The van der Waals surface area contributed by atoms with Crippen molar-refractivity contribution >= 4 is 17.8 Å². The molecule has 0 saturated heterocycles. The summed E-state index contributed by atoms with van der Waals surface area (Å²) in [6.07, 6.45) is 2.63. The van der Waals surface area contributed by atoms with Crippen molar-refractivity contribution in [2.75, 3.05) is 7.11 Å². The lowest BCUT2D eigenvalue weighted by Gasteiger charge is -2.13. The molecule has 1 aliphatic rings. The molecular weight excluding hydrogens is 322 g/mol. The Hall–Kier alpha value is -3.33. The van der Waals surface area contributed by atoms with Gasteiger partial charge in [0.15, 0.2) is 5.78 Å². The summed E-state index contributed by atoms with van der Waals surface area (Å²) in [6.45, 7) is 1.58. The van der Waals surface area contributed by atoms with Gasteiger partial charge < -0.3 is 14.3 Å². The number of aryl methyl sites for hydroxylation is 1. The van der Waals surface area contributed by atoms with Gasteiger partial charge in [-0.3, -0.25) is 4.79 Å². The van der Waals surface area contributed by atoms with Crippen LogP contribution in [-0.4, -0.2) is 24.0 Å². The molecule has 0 saturated carbocycles. The van der Waals surface area contributed by atoms with Crippen LogP contribution in [0.1, 0.15) is 49.8 Å². The topological polar surface area (TPSA) is 101 Å². The molecule has 0 unspecified atom stereocenters. The lowest BCUT2D eigenvalue weighted by atomic mass is 9.88. The van der Waals surface area contributed by atoms with Crippen molar-refractivity contribution in [3.63, 3.8) is 0 Å².